The number of aryl methyl sites for hydroxylation is 1. The number of nitrogens with two attached hydrogens (primary N) is 1. The Balaban J connectivity index is 1.55. The molecule has 0 saturated heterocycles. The Morgan fingerprint density at radius 2 is 1.84 bits per heavy atom. The summed E-state index contributed by atoms with van der Waals surface area (Å²) in [6.07, 6.45) is 0. The summed E-state index contributed by atoms with van der Waals surface area (Å²) in [4.78, 5) is 0. The van der Waals surface area contributed by atoms with Gasteiger partial charge in [-0.3, -0.25) is 0 Å². The lowest BCUT2D eigenvalue weighted by molar-refractivity contribution is 0.344. The van der Waals surface area contributed by atoms with Crippen molar-refractivity contribution in [1.29, 1.82) is 5.26 Å². The van der Waals surface area contributed by atoms with Crippen LogP contribution in [0.1, 0.15) is 11.1 Å². The molecule has 0 radical (unpaired) electrons. The average Bonchev–Trinajstić information content (AvgIpc) is 3.01. The lowest BCUT2D eigenvalue weighted by atomic mass is 10.1. The van der Waals surface area contributed by atoms with Crippen LogP contribution in [-0.2, 0) is 0 Å². The summed E-state index contributed by atoms with van der Waals surface area (Å²) in [7, 11) is 0. The summed E-state index contributed by atoms with van der Waals surface area (Å²) in [5.74, 6) is 8.15. The molecule has 0 bridgehead atoms. The predicted octanol–water partition coefficient (Wildman–Crippen LogP) is 3.01. The lowest BCUT2D eigenvalue weighted by Crippen LogP contribution is -2.12. The van der Waals surface area contributed by atoms with Crippen molar-refractivity contribution in [2.75, 3.05) is 18.2 Å². The number of rotatable bonds is 6. The maximum atomic E-state index is 8.77. The van der Waals surface area contributed by atoms with Crippen LogP contribution >= 0.6 is 11.8 Å². The highest BCUT2D eigenvalue weighted by Gasteiger charge is 2.11. The molecule has 25 heavy (non-hydrogen) atoms. The summed E-state index contributed by atoms with van der Waals surface area (Å²) < 4.78 is 7.14. The van der Waals surface area contributed by atoms with Crippen molar-refractivity contribution in [3.05, 3.63) is 59.7 Å². The molecule has 2 N–H and O–H groups in total. The monoisotopic (exact) mass is 351 g/mol. The van der Waals surface area contributed by atoms with Crippen LogP contribution < -0.4 is 10.6 Å². The van der Waals surface area contributed by atoms with E-state index in [1.807, 2.05) is 31.2 Å². The first kappa shape index (κ1) is 16.9. The van der Waals surface area contributed by atoms with E-state index in [1.54, 1.807) is 24.3 Å². The number of benzene rings is 2. The topological polar surface area (TPSA) is 89.8 Å². The quantitative estimate of drug-likeness (QED) is 0.417. The zero-order valence-corrected chi connectivity index (χ0v) is 14.5. The molecule has 126 valence electrons. The number of aromatic nitrogens is 3. The van der Waals surface area contributed by atoms with Crippen molar-refractivity contribution in [3.63, 3.8) is 0 Å². The minimum atomic E-state index is 0.503. The van der Waals surface area contributed by atoms with E-state index in [-0.39, 0.29) is 0 Å². The highest BCUT2D eigenvalue weighted by atomic mass is 32.2. The average molecular weight is 351 g/mol. The number of ether oxygens (including phenoxy) is 1. The van der Waals surface area contributed by atoms with Crippen molar-refractivity contribution in [2.24, 2.45) is 0 Å². The summed E-state index contributed by atoms with van der Waals surface area (Å²) in [5.41, 5.74) is 2.73. The van der Waals surface area contributed by atoms with E-state index in [0.29, 0.717) is 28.9 Å². The predicted molar refractivity (Wildman–Crippen MR) is 97.7 cm³/mol. The van der Waals surface area contributed by atoms with E-state index in [2.05, 4.69) is 16.3 Å². The molecule has 0 unspecified atom stereocenters. The Morgan fingerprint density at radius 3 is 2.52 bits per heavy atom. The Morgan fingerprint density at radius 1 is 1.12 bits per heavy atom. The summed E-state index contributed by atoms with van der Waals surface area (Å²) in [6, 6.07) is 17.1. The molecule has 0 saturated carbocycles. The van der Waals surface area contributed by atoms with Gasteiger partial charge in [0.15, 0.2) is 5.82 Å². The molecule has 0 atom stereocenters. The van der Waals surface area contributed by atoms with Gasteiger partial charge in [0.1, 0.15) is 5.75 Å². The van der Waals surface area contributed by atoms with Gasteiger partial charge in [-0.05, 0) is 31.2 Å². The maximum Gasteiger partial charge on any atom is 0.210 e. The maximum absolute atomic E-state index is 8.77. The van der Waals surface area contributed by atoms with Crippen LogP contribution in [0, 0.1) is 18.3 Å². The van der Waals surface area contributed by atoms with Gasteiger partial charge in [0.05, 0.1) is 18.2 Å². The molecule has 7 heteroatoms. The van der Waals surface area contributed by atoms with Gasteiger partial charge in [-0.25, -0.2) is 4.68 Å². The van der Waals surface area contributed by atoms with Crippen LogP contribution in [0.4, 0.5) is 0 Å². The van der Waals surface area contributed by atoms with Gasteiger partial charge in [0.25, 0.3) is 0 Å². The molecular weight excluding hydrogens is 334 g/mol. The summed E-state index contributed by atoms with van der Waals surface area (Å²) >= 11 is 1.48. The van der Waals surface area contributed by atoms with E-state index >= 15 is 0 Å². The molecule has 0 spiro atoms. The van der Waals surface area contributed by atoms with Gasteiger partial charge in [-0.2, -0.15) is 5.26 Å². The molecule has 3 rings (SSSR count). The number of thioether (sulfide) groups is 1. The van der Waals surface area contributed by atoms with Crippen molar-refractivity contribution < 1.29 is 4.74 Å². The minimum absolute atomic E-state index is 0.503. The second-order valence-corrected chi connectivity index (χ2v) is 6.44. The summed E-state index contributed by atoms with van der Waals surface area (Å²) in [5, 5.41) is 17.7. The van der Waals surface area contributed by atoms with Crippen LogP contribution in [0.25, 0.3) is 11.4 Å². The van der Waals surface area contributed by atoms with Crippen LogP contribution in [0.2, 0.25) is 0 Å². The first-order valence-corrected chi connectivity index (χ1v) is 8.69. The third kappa shape index (κ3) is 4.11. The number of nitrogens with zero attached hydrogens (tertiary/aromatic N) is 4. The zero-order valence-electron chi connectivity index (χ0n) is 13.7. The fourth-order valence-corrected chi connectivity index (χ4v) is 2.87. The van der Waals surface area contributed by atoms with Crippen molar-refractivity contribution >= 4 is 11.8 Å². The van der Waals surface area contributed by atoms with E-state index < -0.39 is 0 Å². The number of nitriles is 1. The molecule has 0 fully saturated rings. The van der Waals surface area contributed by atoms with E-state index in [4.69, 9.17) is 15.8 Å². The molecule has 6 nitrogen and oxygen atoms in total. The fourth-order valence-electron chi connectivity index (χ4n) is 2.19. The van der Waals surface area contributed by atoms with Crippen molar-refractivity contribution in [1.82, 2.24) is 14.9 Å². The SMILES string of the molecule is Cc1ccc(-c2nnc(SCCOc3ccc(C#N)cc3)n2N)cc1. The molecule has 0 amide bonds. The zero-order chi connectivity index (χ0) is 17.6. The second-order valence-electron chi connectivity index (χ2n) is 5.38. The lowest BCUT2D eigenvalue weighted by Gasteiger charge is -2.06. The van der Waals surface area contributed by atoms with Crippen LogP contribution in [0.5, 0.6) is 5.75 Å². The van der Waals surface area contributed by atoms with Gasteiger partial charge < -0.3 is 10.6 Å². The fraction of sp³-hybridized carbons (Fsp3) is 0.167. The van der Waals surface area contributed by atoms with Gasteiger partial charge in [-0.1, -0.05) is 41.6 Å². The highest BCUT2D eigenvalue weighted by molar-refractivity contribution is 7.99. The number of hydrogen-bond donors (Lipinski definition) is 1. The Labute approximate surface area is 150 Å². The van der Waals surface area contributed by atoms with Gasteiger partial charge in [-0.15, -0.1) is 10.2 Å². The molecule has 0 aliphatic carbocycles. The van der Waals surface area contributed by atoms with Crippen LogP contribution in [0.3, 0.4) is 0 Å². The molecule has 3 aromatic rings. The molecule has 0 aliphatic heterocycles. The Hall–Kier alpha value is -2.98. The molecule has 1 heterocycles. The third-order valence-electron chi connectivity index (χ3n) is 3.54. The normalized spacial score (nSPS) is 10.4. The van der Waals surface area contributed by atoms with Gasteiger partial charge in [0, 0.05) is 11.3 Å². The largest absolute Gasteiger partial charge is 0.493 e. The minimum Gasteiger partial charge on any atom is -0.493 e. The van der Waals surface area contributed by atoms with Gasteiger partial charge >= 0.3 is 0 Å². The molecule has 0 aliphatic rings. The Bertz CT molecular complexity index is 881. The first-order valence-electron chi connectivity index (χ1n) is 7.70. The van der Waals surface area contributed by atoms with E-state index in [1.165, 1.54) is 22.0 Å². The van der Waals surface area contributed by atoms with Crippen molar-refractivity contribution in [3.8, 4) is 23.2 Å². The second kappa shape index (κ2) is 7.73. The third-order valence-corrected chi connectivity index (χ3v) is 4.45. The van der Waals surface area contributed by atoms with E-state index in [9.17, 15) is 0 Å². The summed E-state index contributed by atoms with van der Waals surface area (Å²) in [6.45, 7) is 2.54. The van der Waals surface area contributed by atoms with E-state index in [0.717, 1.165) is 11.3 Å². The number of nitrogen functional groups attached to an aromatic ring is 1. The molecule has 1 aromatic heterocycles. The highest BCUT2D eigenvalue weighted by Crippen LogP contribution is 2.22. The number of hydrogen-bond acceptors (Lipinski definition) is 6. The molecule has 2 aromatic carbocycles. The molecular formula is C18H17N5OS. The first-order chi connectivity index (χ1) is 12.2. The Kier molecular flexibility index (Phi) is 5.21. The van der Waals surface area contributed by atoms with Gasteiger partial charge in [0.2, 0.25) is 5.16 Å². The van der Waals surface area contributed by atoms with Crippen LogP contribution in [0.15, 0.2) is 53.7 Å². The smallest absolute Gasteiger partial charge is 0.210 e. The standard InChI is InChI=1S/C18H17N5OS/c1-13-2-6-15(7-3-13)17-21-22-18(23(17)20)25-11-10-24-16-8-4-14(12-19)5-9-16/h2-9H,10-11,20H2,1H3. The van der Waals surface area contributed by atoms with Crippen LogP contribution in [-0.4, -0.2) is 27.2 Å². The van der Waals surface area contributed by atoms with Crippen molar-refractivity contribution in [2.45, 2.75) is 12.1 Å².